The number of halogens is 1. The topological polar surface area (TPSA) is 30.5 Å². The van der Waals surface area contributed by atoms with Crippen LogP contribution in [0.1, 0.15) is 44.2 Å². The Morgan fingerprint density at radius 2 is 2.30 bits per heavy atom. The zero-order valence-electron chi connectivity index (χ0n) is 12.3. The Hall–Kier alpha value is -0.770. The van der Waals surface area contributed by atoms with Gasteiger partial charge >= 0.3 is 0 Å². The fourth-order valence-electron chi connectivity index (χ4n) is 2.72. The van der Waals surface area contributed by atoms with Gasteiger partial charge < -0.3 is 14.8 Å². The second kappa shape index (κ2) is 7.87. The highest BCUT2D eigenvalue weighted by molar-refractivity contribution is 6.30. The number of methoxy groups -OCH3 is 1. The molecule has 20 heavy (non-hydrogen) atoms. The van der Waals surface area contributed by atoms with Gasteiger partial charge in [-0.3, -0.25) is 0 Å². The molecule has 1 fully saturated rings. The molecule has 0 aromatic heterocycles. The van der Waals surface area contributed by atoms with Gasteiger partial charge in [0.15, 0.2) is 0 Å². The van der Waals surface area contributed by atoms with Crippen LogP contribution in [-0.2, 0) is 4.74 Å². The summed E-state index contributed by atoms with van der Waals surface area (Å²) < 4.78 is 11.5. The lowest BCUT2D eigenvalue weighted by Crippen LogP contribution is -2.36. The highest BCUT2D eigenvalue weighted by Crippen LogP contribution is 2.34. The highest BCUT2D eigenvalue weighted by atomic mass is 35.5. The maximum absolute atomic E-state index is 6.17. The van der Waals surface area contributed by atoms with Crippen molar-refractivity contribution in [3.05, 3.63) is 28.8 Å². The van der Waals surface area contributed by atoms with Gasteiger partial charge in [0.2, 0.25) is 0 Å². The minimum atomic E-state index is 0.142. The van der Waals surface area contributed by atoms with Crippen molar-refractivity contribution < 1.29 is 9.47 Å². The van der Waals surface area contributed by atoms with Crippen LogP contribution in [0.4, 0.5) is 0 Å². The van der Waals surface area contributed by atoms with Crippen LogP contribution in [0.5, 0.6) is 5.75 Å². The first kappa shape index (κ1) is 15.6. The first-order chi connectivity index (χ1) is 9.76. The third-order valence-electron chi connectivity index (χ3n) is 3.73. The average molecular weight is 298 g/mol. The lowest BCUT2D eigenvalue weighted by Gasteiger charge is -2.32. The summed E-state index contributed by atoms with van der Waals surface area (Å²) in [6.45, 7) is 3.97. The molecule has 4 heteroatoms. The molecule has 2 rings (SSSR count). The molecule has 1 aromatic rings. The van der Waals surface area contributed by atoms with Crippen LogP contribution in [0.3, 0.4) is 0 Å². The van der Waals surface area contributed by atoms with E-state index in [4.69, 9.17) is 21.1 Å². The number of ether oxygens (including phenoxy) is 2. The fourth-order valence-corrected chi connectivity index (χ4v) is 2.90. The van der Waals surface area contributed by atoms with Crippen LogP contribution in [0.15, 0.2) is 18.2 Å². The first-order valence-electron chi connectivity index (χ1n) is 7.44. The Balaban J connectivity index is 2.26. The van der Waals surface area contributed by atoms with E-state index in [1.165, 1.54) is 6.42 Å². The zero-order chi connectivity index (χ0) is 14.4. The Bertz CT molecular complexity index is 419. The molecule has 2 unspecified atom stereocenters. The van der Waals surface area contributed by atoms with E-state index in [0.29, 0.717) is 0 Å². The van der Waals surface area contributed by atoms with Crippen molar-refractivity contribution in [2.45, 2.75) is 44.8 Å². The molecule has 1 heterocycles. The first-order valence-corrected chi connectivity index (χ1v) is 7.82. The van der Waals surface area contributed by atoms with Crippen LogP contribution in [0.25, 0.3) is 0 Å². The van der Waals surface area contributed by atoms with Crippen molar-refractivity contribution in [2.24, 2.45) is 0 Å². The van der Waals surface area contributed by atoms with Gasteiger partial charge in [-0.2, -0.15) is 0 Å². The molecule has 2 atom stereocenters. The molecular formula is C16H24ClNO2. The SMILES string of the molecule is CCCNC(c1cc(Cl)ccc1OC)C1CCCCO1. The quantitative estimate of drug-likeness (QED) is 0.862. The normalized spacial score (nSPS) is 20.6. The van der Waals surface area contributed by atoms with E-state index in [1.807, 2.05) is 18.2 Å². The second-order valence-corrected chi connectivity index (χ2v) is 5.66. The van der Waals surface area contributed by atoms with Gasteiger partial charge in [0.05, 0.1) is 19.3 Å². The number of rotatable bonds is 6. The van der Waals surface area contributed by atoms with Crippen LogP contribution in [-0.4, -0.2) is 26.4 Å². The van der Waals surface area contributed by atoms with Crippen molar-refractivity contribution in [2.75, 3.05) is 20.3 Å². The number of hydrogen-bond acceptors (Lipinski definition) is 3. The molecule has 1 aliphatic rings. The van der Waals surface area contributed by atoms with Crippen molar-refractivity contribution in [1.29, 1.82) is 0 Å². The van der Waals surface area contributed by atoms with Crippen molar-refractivity contribution in [3.63, 3.8) is 0 Å². The molecule has 1 aromatic carbocycles. The van der Waals surface area contributed by atoms with Gasteiger partial charge in [-0.15, -0.1) is 0 Å². The minimum Gasteiger partial charge on any atom is -0.496 e. The molecule has 0 amide bonds. The van der Waals surface area contributed by atoms with E-state index >= 15 is 0 Å². The van der Waals surface area contributed by atoms with E-state index in [1.54, 1.807) is 7.11 Å². The summed E-state index contributed by atoms with van der Waals surface area (Å²) in [7, 11) is 1.70. The van der Waals surface area contributed by atoms with E-state index < -0.39 is 0 Å². The number of benzene rings is 1. The molecule has 0 radical (unpaired) electrons. The Labute approximate surface area is 126 Å². The maximum atomic E-state index is 6.17. The highest BCUT2D eigenvalue weighted by Gasteiger charge is 2.27. The summed E-state index contributed by atoms with van der Waals surface area (Å²) in [6.07, 6.45) is 4.74. The van der Waals surface area contributed by atoms with Crippen LogP contribution in [0.2, 0.25) is 5.02 Å². The van der Waals surface area contributed by atoms with Gasteiger partial charge in [0.1, 0.15) is 5.75 Å². The summed E-state index contributed by atoms with van der Waals surface area (Å²) in [5, 5.41) is 4.33. The van der Waals surface area contributed by atoms with Crippen molar-refractivity contribution in [3.8, 4) is 5.75 Å². The van der Waals surface area contributed by atoms with Crippen molar-refractivity contribution in [1.82, 2.24) is 5.32 Å². The molecular weight excluding hydrogens is 274 g/mol. The van der Waals surface area contributed by atoms with Crippen LogP contribution >= 0.6 is 11.6 Å². The van der Waals surface area contributed by atoms with E-state index in [-0.39, 0.29) is 12.1 Å². The number of nitrogens with one attached hydrogen (secondary N) is 1. The summed E-state index contributed by atoms with van der Waals surface area (Å²) in [6, 6.07) is 5.93. The molecule has 0 spiro atoms. The molecule has 1 N–H and O–H groups in total. The molecule has 0 bridgehead atoms. The molecule has 3 nitrogen and oxygen atoms in total. The minimum absolute atomic E-state index is 0.142. The summed E-state index contributed by atoms with van der Waals surface area (Å²) in [4.78, 5) is 0. The Kier molecular flexibility index (Phi) is 6.14. The van der Waals surface area contributed by atoms with Crippen LogP contribution in [0, 0.1) is 0 Å². The second-order valence-electron chi connectivity index (χ2n) is 5.22. The van der Waals surface area contributed by atoms with Crippen LogP contribution < -0.4 is 10.1 Å². The molecule has 1 saturated heterocycles. The lowest BCUT2D eigenvalue weighted by atomic mass is 9.95. The monoisotopic (exact) mass is 297 g/mol. The predicted molar refractivity (Wildman–Crippen MR) is 82.6 cm³/mol. The number of hydrogen-bond donors (Lipinski definition) is 1. The van der Waals surface area contributed by atoms with Gasteiger partial charge in [-0.25, -0.2) is 0 Å². The largest absolute Gasteiger partial charge is 0.496 e. The standard InChI is InChI=1S/C16H24ClNO2/c1-3-9-18-16(15-6-4-5-10-20-15)13-11-12(17)7-8-14(13)19-2/h7-8,11,15-16,18H,3-6,9-10H2,1-2H3. The third-order valence-corrected chi connectivity index (χ3v) is 3.96. The summed E-state index contributed by atoms with van der Waals surface area (Å²) in [5.74, 6) is 0.872. The van der Waals surface area contributed by atoms with Gasteiger partial charge in [-0.1, -0.05) is 18.5 Å². The fraction of sp³-hybridized carbons (Fsp3) is 0.625. The Morgan fingerprint density at radius 1 is 1.45 bits per heavy atom. The summed E-state index contributed by atoms with van der Waals surface area (Å²) >= 11 is 6.17. The molecule has 0 aliphatic carbocycles. The summed E-state index contributed by atoms with van der Waals surface area (Å²) in [5.41, 5.74) is 1.10. The Morgan fingerprint density at radius 3 is 2.95 bits per heavy atom. The average Bonchev–Trinajstić information content (AvgIpc) is 2.49. The van der Waals surface area contributed by atoms with Gasteiger partial charge in [0, 0.05) is 17.2 Å². The lowest BCUT2D eigenvalue weighted by molar-refractivity contribution is -0.00859. The molecule has 112 valence electrons. The van der Waals surface area contributed by atoms with Gasteiger partial charge in [0.25, 0.3) is 0 Å². The molecule has 0 saturated carbocycles. The van der Waals surface area contributed by atoms with E-state index in [0.717, 1.165) is 48.7 Å². The van der Waals surface area contributed by atoms with E-state index in [9.17, 15) is 0 Å². The van der Waals surface area contributed by atoms with E-state index in [2.05, 4.69) is 12.2 Å². The maximum Gasteiger partial charge on any atom is 0.123 e. The predicted octanol–water partition coefficient (Wildman–Crippen LogP) is 3.96. The zero-order valence-corrected chi connectivity index (χ0v) is 13.1. The third kappa shape index (κ3) is 3.87. The van der Waals surface area contributed by atoms with Crippen molar-refractivity contribution >= 4 is 11.6 Å². The van der Waals surface area contributed by atoms with Gasteiger partial charge in [-0.05, 0) is 50.4 Å². The molecule has 1 aliphatic heterocycles. The smallest absolute Gasteiger partial charge is 0.123 e.